The molecule has 2 heteroatoms. The molecule has 0 aromatic heterocycles. The molecule has 0 atom stereocenters. The van der Waals surface area contributed by atoms with Gasteiger partial charge >= 0.3 is 0 Å². The minimum absolute atomic E-state index is 0.744. The van der Waals surface area contributed by atoms with Crippen LogP contribution < -0.4 is 0 Å². The Kier molecular flexibility index (Phi) is 2.86. The molecule has 0 aliphatic carbocycles. The molecule has 0 aromatic rings. The first-order valence-corrected chi connectivity index (χ1v) is 3.98. The summed E-state index contributed by atoms with van der Waals surface area (Å²) in [4.78, 5) is 6.31. The maximum absolute atomic E-state index is 4.33. The van der Waals surface area contributed by atoms with Gasteiger partial charge in [0.1, 0.15) is 5.84 Å². The van der Waals surface area contributed by atoms with E-state index in [9.17, 15) is 0 Å². The van der Waals surface area contributed by atoms with Gasteiger partial charge in [-0.05, 0) is 13.0 Å². The Labute approximate surface area is 73.6 Å². The van der Waals surface area contributed by atoms with Gasteiger partial charge < -0.3 is 4.90 Å². The summed E-state index contributed by atoms with van der Waals surface area (Å²) in [6.45, 7) is 6.64. The van der Waals surface area contributed by atoms with Gasteiger partial charge in [-0.1, -0.05) is 24.8 Å². The molecular formula is C10H14N2. The van der Waals surface area contributed by atoms with Crippen LogP contribution in [-0.2, 0) is 0 Å². The van der Waals surface area contributed by atoms with Crippen molar-refractivity contribution in [1.29, 1.82) is 0 Å². The third-order valence-corrected chi connectivity index (χ3v) is 1.88. The predicted molar refractivity (Wildman–Crippen MR) is 53.2 cm³/mol. The number of rotatable bonds is 0. The fraction of sp³-hybridized carbons (Fsp3) is 0.300. The Balaban J connectivity index is 2.87. The van der Waals surface area contributed by atoms with Crippen molar-refractivity contribution < 1.29 is 0 Å². The molecule has 0 spiro atoms. The lowest BCUT2D eigenvalue weighted by Crippen LogP contribution is -2.22. The smallest absolute Gasteiger partial charge is 0.100 e. The Morgan fingerprint density at radius 2 is 2.25 bits per heavy atom. The van der Waals surface area contributed by atoms with Gasteiger partial charge in [0.15, 0.2) is 0 Å². The van der Waals surface area contributed by atoms with Crippen molar-refractivity contribution in [2.75, 3.05) is 13.6 Å². The zero-order valence-electron chi connectivity index (χ0n) is 7.62. The Hall–Kier alpha value is -1.31. The summed E-state index contributed by atoms with van der Waals surface area (Å²) >= 11 is 0. The summed E-state index contributed by atoms with van der Waals surface area (Å²) in [7, 11) is 1.97. The van der Waals surface area contributed by atoms with Crippen LogP contribution in [0.15, 0.2) is 41.6 Å². The molecule has 1 aliphatic heterocycles. The molecule has 1 heterocycles. The first-order valence-electron chi connectivity index (χ1n) is 3.98. The SMILES string of the molecule is C=C1/C=C\C=C/CN=C(C)N1C. The molecule has 0 fully saturated rings. The number of likely N-dealkylation sites (N-methyl/N-ethyl adjacent to an activating group) is 1. The summed E-state index contributed by atoms with van der Waals surface area (Å²) in [5.41, 5.74) is 0.961. The minimum atomic E-state index is 0.744. The van der Waals surface area contributed by atoms with Crippen LogP contribution in [0.25, 0.3) is 0 Å². The molecule has 0 N–H and O–H groups in total. The Bertz CT molecular complexity index is 257. The maximum Gasteiger partial charge on any atom is 0.100 e. The lowest BCUT2D eigenvalue weighted by atomic mass is 10.3. The summed E-state index contributed by atoms with van der Waals surface area (Å²) in [6, 6.07) is 0. The van der Waals surface area contributed by atoms with E-state index in [-0.39, 0.29) is 0 Å². The molecule has 0 saturated heterocycles. The maximum atomic E-state index is 4.33. The second kappa shape index (κ2) is 3.90. The normalized spacial score (nSPS) is 23.7. The van der Waals surface area contributed by atoms with Gasteiger partial charge in [0.2, 0.25) is 0 Å². The zero-order chi connectivity index (χ0) is 8.97. The van der Waals surface area contributed by atoms with Crippen LogP contribution in [0.4, 0.5) is 0 Å². The van der Waals surface area contributed by atoms with E-state index in [4.69, 9.17) is 0 Å². The molecule has 2 nitrogen and oxygen atoms in total. The minimum Gasteiger partial charge on any atom is -0.334 e. The fourth-order valence-corrected chi connectivity index (χ4v) is 0.917. The zero-order valence-corrected chi connectivity index (χ0v) is 7.62. The molecule has 0 aromatic carbocycles. The lowest BCUT2D eigenvalue weighted by molar-refractivity contribution is 0.643. The topological polar surface area (TPSA) is 15.6 Å². The number of hydrogen-bond donors (Lipinski definition) is 0. The van der Waals surface area contributed by atoms with E-state index in [2.05, 4.69) is 11.6 Å². The third-order valence-electron chi connectivity index (χ3n) is 1.88. The van der Waals surface area contributed by atoms with Crippen LogP contribution in [0, 0.1) is 0 Å². The van der Waals surface area contributed by atoms with Crippen molar-refractivity contribution in [3.8, 4) is 0 Å². The summed E-state index contributed by atoms with van der Waals surface area (Å²) in [6.07, 6.45) is 7.96. The first-order chi connectivity index (χ1) is 5.72. The van der Waals surface area contributed by atoms with Gasteiger partial charge in [0.05, 0.1) is 6.54 Å². The molecule has 12 heavy (non-hydrogen) atoms. The highest BCUT2D eigenvalue weighted by Gasteiger charge is 2.01. The van der Waals surface area contributed by atoms with Gasteiger partial charge in [-0.25, -0.2) is 0 Å². The van der Waals surface area contributed by atoms with Gasteiger partial charge in [-0.2, -0.15) is 0 Å². The van der Waals surface area contributed by atoms with Crippen molar-refractivity contribution in [1.82, 2.24) is 4.90 Å². The number of hydrogen-bond acceptors (Lipinski definition) is 2. The second-order valence-electron chi connectivity index (χ2n) is 2.73. The van der Waals surface area contributed by atoms with Crippen LogP contribution in [0.2, 0.25) is 0 Å². The standard InChI is InChI=1S/C10H14N2/c1-9-7-5-4-6-8-11-10(2)12(9)3/h4-7H,1,8H2,2-3H3/b6-4-,7-5-,11-10?. The number of aliphatic imine (C=N–C) groups is 1. The van der Waals surface area contributed by atoms with Crippen LogP contribution >= 0.6 is 0 Å². The van der Waals surface area contributed by atoms with E-state index in [1.165, 1.54) is 0 Å². The van der Waals surface area contributed by atoms with E-state index in [0.29, 0.717) is 0 Å². The van der Waals surface area contributed by atoms with Crippen LogP contribution in [0.1, 0.15) is 6.92 Å². The summed E-state index contributed by atoms with van der Waals surface area (Å²) < 4.78 is 0. The summed E-state index contributed by atoms with van der Waals surface area (Å²) in [5.74, 6) is 0.996. The van der Waals surface area contributed by atoms with E-state index < -0.39 is 0 Å². The third kappa shape index (κ3) is 2.09. The highest BCUT2D eigenvalue weighted by molar-refractivity contribution is 5.81. The van der Waals surface area contributed by atoms with E-state index in [1.807, 2.05) is 43.2 Å². The Morgan fingerprint density at radius 1 is 1.50 bits per heavy atom. The van der Waals surface area contributed by atoms with E-state index in [0.717, 1.165) is 18.1 Å². The van der Waals surface area contributed by atoms with Crippen LogP contribution in [0.5, 0.6) is 0 Å². The van der Waals surface area contributed by atoms with Crippen molar-refractivity contribution >= 4 is 5.84 Å². The number of amidine groups is 1. The molecule has 64 valence electrons. The molecule has 0 unspecified atom stereocenters. The molecule has 0 amide bonds. The average Bonchev–Trinajstić information content (AvgIpc) is 2.12. The van der Waals surface area contributed by atoms with Crippen LogP contribution in [-0.4, -0.2) is 24.3 Å². The van der Waals surface area contributed by atoms with Crippen molar-refractivity contribution in [3.05, 3.63) is 36.6 Å². The molecular weight excluding hydrogens is 148 g/mol. The number of nitrogens with zero attached hydrogens (tertiary/aromatic N) is 2. The highest BCUT2D eigenvalue weighted by Crippen LogP contribution is 2.03. The fourth-order valence-electron chi connectivity index (χ4n) is 0.917. The highest BCUT2D eigenvalue weighted by atomic mass is 15.2. The van der Waals surface area contributed by atoms with Gasteiger partial charge in [-0.3, -0.25) is 4.99 Å². The monoisotopic (exact) mass is 162 g/mol. The van der Waals surface area contributed by atoms with Gasteiger partial charge in [0, 0.05) is 12.7 Å². The molecule has 0 bridgehead atoms. The lowest BCUT2D eigenvalue weighted by Gasteiger charge is -2.18. The number of allylic oxidation sites excluding steroid dienone is 3. The van der Waals surface area contributed by atoms with Gasteiger partial charge in [0.25, 0.3) is 0 Å². The molecule has 1 aliphatic rings. The van der Waals surface area contributed by atoms with E-state index in [1.54, 1.807) is 0 Å². The predicted octanol–water partition coefficient (Wildman–Crippen LogP) is 1.98. The Morgan fingerprint density at radius 3 is 3.00 bits per heavy atom. The first kappa shape index (κ1) is 8.78. The van der Waals surface area contributed by atoms with Crippen LogP contribution in [0.3, 0.4) is 0 Å². The second-order valence-corrected chi connectivity index (χ2v) is 2.73. The summed E-state index contributed by atoms with van der Waals surface area (Å²) in [5, 5.41) is 0. The van der Waals surface area contributed by atoms with Gasteiger partial charge in [-0.15, -0.1) is 0 Å². The largest absolute Gasteiger partial charge is 0.334 e. The molecule has 0 saturated carbocycles. The molecule has 1 rings (SSSR count). The average molecular weight is 162 g/mol. The van der Waals surface area contributed by atoms with Crippen molar-refractivity contribution in [3.63, 3.8) is 0 Å². The quantitative estimate of drug-likeness (QED) is 0.531. The van der Waals surface area contributed by atoms with E-state index >= 15 is 0 Å². The van der Waals surface area contributed by atoms with Crippen molar-refractivity contribution in [2.24, 2.45) is 4.99 Å². The van der Waals surface area contributed by atoms with Crippen molar-refractivity contribution in [2.45, 2.75) is 6.92 Å². The molecule has 0 radical (unpaired) electrons.